The lowest BCUT2D eigenvalue weighted by molar-refractivity contribution is -0.122. The molecule has 1 N–H and O–H groups in total. The molecule has 2 aromatic carbocycles. The van der Waals surface area contributed by atoms with Crippen LogP contribution in [0.15, 0.2) is 48.2 Å². The standard InChI is InChI=1S/C22H23IN2O3S/c1-3-4-11-25-21(26)19(24-22(25)29)13-15-5-10-20(27-2)16(12-15)14-28-18-8-6-17(23)7-9-18/h5-10,12-13H,3-4,11,14H2,1-2H3,(H,24,29)/b19-13+. The number of ether oxygens (including phenoxy) is 2. The maximum atomic E-state index is 12.6. The lowest BCUT2D eigenvalue weighted by Gasteiger charge is -2.12. The van der Waals surface area contributed by atoms with Gasteiger partial charge in [0.2, 0.25) is 0 Å². The third kappa shape index (κ3) is 5.48. The maximum Gasteiger partial charge on any atom is 0.276 e. The van der Waals surface area contributed by atoms with Gasteiger partial charge in [-0.15, -0.1) is 0 Å². The van der Waals surface area contributed by atoms with Gasteiger partial charge in [-0.3, -0.25) is 9.69 Å². The Morgan fingerprint density at radius 1 is 1.21 bits per heavy atom. The molecule has 7 heteroatoms. The number of halogens is 1. The molecule has 29 heavy (non-hydrogen) atoms. The molecule has 1 heterocycles. The van der Waals surface area contributed by atoms with Gasteiger partial charge in [0, 0.05) is 15.7 Å². The zero-order valence-corrected chi connectivity index (χ0v) is 19.4. The largest absolute Gasteiger partial charge is 0.496 e. The Labute approximate surface area is 190 Å². The fourth-order valence-corrected chi connectivity index (χ4v) is 3.59. The molecule has 0 saturated carbocycles. The molecule has 5 nitrogen and oxygen atoms in total. The van der Waals surface area contributed by atoms with Crippen LogP contribution in [0.3, 0.4) is 0 Å². The first kappa shape index (κ1) is 21.6. The van der Waals surface area contributed by atoms with E-state index in [2.05, 4.69) is 34.8 Å². The molecule has 1 aliphatic rings. The van der Waals surface area contributed by atoms with Gasteiger partial charge < -0.3 is 14.8 Å². The number of unbranched alkanes of at least 4 members (excludes halogenated alkanes) is 1. The van der Waals surface area contributed by atoms with Gasteiger partial charge in [-0.2, -0.15) is 0 Å². The molecular weight excluding hydrogens is 499 g/mol. The summed E-state index contributed by atoms with van der Waals surface area (Å²) in [5, 5.41) is 3.49. The SMILES string of the molecule is CCCCN1C(=O)/C(=C\c2ccc(OC)c(COc3ccc(I)cc3)c2)NC1=S. The van der Waals surface area contributed by atoms with Crippen molar-refractivity contribution in [2.45, 2.75) is 26.4 Å². The Balaban J connectivity index is 1.77. The number of methoxy groups -OCH3 is 1. The van der Waals surface area contributed by atoms with Crippen LogP contribution in [0.5, 0.6) is 11.5 Å². The number of hydrogen-bond acceptors (Lipinski definition) is 4. The van der Waals surface area contributed by atoms with E-state index in [1.807, 2.05) is 48.5 Å². The summed E-state index contributed by atoms with van der Waals surface area (Å²) in [6.07, 6.45) is 3.74. The van der Waals surface area contributed by atoms with Crippen LogP contribution in [0, 0.1) is 3.57 Å². The first-order valence-electron chi connectivity index (χ1n) is 9.41. The summed E-state index contributed by atoms with van der Waals surface area (Å²) in [4.78, 5) is 14.3. The minimum Gasteiger partial charge on any atom is -0.496 e. The van der Waals surface area contributed by atoms with Gasteiger partial charge >= 0.3 is 0 Å². The van der Waals surface area contributed by atoms with Crippen molar-refractivity contribution < 1.29 is 14.3 Å². The number of nitrogens with zero attached hydrogens (tertiary/aromatic N) is 1. The average Bonchev–Trinajstić information content (AvgIpc) is 2.98. The topological polar surface area (TPSA) is 50.8 Å². The number of carbonyl (C=O) groups excluding carboxylic acids is 1. The minimum absolute atomic E-state index is 0.0871. The number of nitrogens with one attached hydrogen (secondary N) is 1. The summed E-state index contributed by atoms with van der Waals surface area (Å²) in [6.45, 7) is 3.09. The Morgan fingerprint density at radius 3 is 2.66 bits per heavy atom. The summed E-state index contributed by atoms with van der Waals surface area (Å²) in [7, 11) is 1.63. The van der Waals surface area contributed by atoms with Crippen LogP contribution in [0.4, 0.5) is 0 Å². The van der Waals surface area contributed by atoms with Crippen molar-refractivity contribution in [1.82, 2.24) is 10.2 Å². The van der Waals surface area contributed by atoms with Gasteiger partial charge in [0.15, 0.2) is 5.11 Å². The second-order valence-electron chi connectivity index (χ2n) is 6.61. The van der Waals surface area contributed by atoms with Crippen LogP contribution in [-0.4, -0.2) is 29.6 Å². The highest BCUT2D eigenvalue weighted by molar-refractivity contribution is 14.1. The van der Waals surface area contributed by atoms with E-state index in [4.69, 9.17) is 21.7 Å². The molecule has 1 amide bonds. The van der Waals surface area contributed by atoms with Crippen molar-refractivity contribution in [3.8, 4) is 11.5 Å². The van der Waals surface area contributed by atoms with Crippen molar-refractivity contribution in [3.05, 3.63) is 62.9 Å². The average molecular weight is 522 g/mol. The summed E-state index contributed by atoms with van der Waals surface area (Å²) in [6, 6.07) is 13.6. The zero-order valence-electron chi connectivity index (χ0n) is 16.4. The quantitative estimate of drug-likeness (QED) is 0.309. The van der Waals surface area contributed by atoms with E-state index >= 15 is 0 Å². The fourth-order valence-electron chi connectivity index (χ4n) is 2.95. The van der Waals surface area contributed by atoms with E-state index < -0.39 is 0 Å². The Bertz CT molecular complexity index is 928. The van der Waals surface area contributed by atoms with E-state index in [1.165, 1.54) is 0 Å². The molecule has 3 rings (SSSR count). The molecule has 0 aromatic heterocycles. The van der Waals surface area contributed by atoms with Crippen LogP contribution in [0.25, 0.3) is 6.08 Å². The van der Waals surface area contributed by atoms with E-state index in [9.17, 15) is 4.79 Å². The maximum absolute atomic E-state index is 12.6. The highest BCUT2D eigenvalue weighted by atomic mass is 127. The first-order chi connectivity index (χ1) is 14.0. The third-order valence-electron chi connectivity index (χ3n) is 4.52. The van der Waals surface area contributed by atoms with E-state index in [-0.39, 0.29) is 5.91 Å². The lowest BCUT2D eigenvalue weighted by atomic mass is 10.1. The number of hydrogen-bond donors (Lipinski definition) is 1. The van der Waals surface area contributed by atoms with Gasteiger partial charge in [-0.25, -0.2) is 0 Å². The minimum atomic E-state index is -0.0871. The smallest absolute Gasteiger partial charge is 0.276 e. The predicted octanol–water partition coefficient (Wildman–Crippen LogP) is 4.74. The molecule has 1 aliphatic heterocycles. The zero-order chi connectivity index (χ0) is 20.8. The molecule has 1 fully saturated rings. The molecule has 0 atom stereocenters. The molecule has 0 spiro atoms. The molecule has 0 bridgehead atoms. The lowest BCUT2D eigenvalue weighted by Crippen LogP contribution is -2.31. The van der Waals surface area contributed by atoms with E-state index in [1.54, 1.807) is 12.0 Å². The number of carbonyl (C=O) groups is 1. The third-order valence-corrected chi connectivity index (χ3v) is 5.56. The number of benzene rings is 2. The van der Waals surface area contributed by atoms with Crippen LogP contribution in [0.2, 0.25) is 0 Å². The number of amides is 1. The molecule has 1 saturated heterocycles. The van der Waals surface area contributed by atoms with Crippen molar-refractivity contribution in [2.24, 2.45) is 0 Å². The molecule has 0 unspecified atom stereocenters. The second-order valence-corrected chi connectivity index (χ2v) is 8.24. The number of thiocarbonyl (C=S) groups is 1. The highest BCUT2D eigenvalue weighted by Crippen LogP contribution is 2.24. The van der Waals surface area contributed by atoms with Gasteiger partial charge in [0.1, 0.15) is 23.8 Å². The van der Waals surface area contributed by atoms with E-state index in [0.717, 1.165) is 39.0 Å². The van der Waals surface area contributed by atoms with Gasteiger partial charge in [-0.1, -0.05) is 19.4 Å². The molecule has 0 aliphatic carbocycles. The Kier molecular flexibility index (Phi) is 7.49. The molecule has 0 radical (unpaired) electrons. The summed E-state index contributed by atoms with van der Waals surface area (Å²) in [5.74, 6) is 1.44. The monoisotopic (exact) mass is 522 g/mol. The molecular formula is C22H23IN2O3S. The summed E-state index contributed by atoms with van der Waals surface area (Å²) in [5.41, 5.74) is 2.26. The van der Waals surface area contributed by atoms with Gasteiger partial charge in [-0.05, 0) is 89.3 Å². The predicted molar refractivity (Wildman–Crippen MR) is 127 cm³/mol. The normalized spacial score (nSPS) is 15.0. The van der Waals surface area contributed by atoms with Gasteiger partial charge in [0.25, 0.3) is 5.91 Å². The van der Waals surface area contributed by atoms with Gasteiger partial charge in [0.05, 0.1) is 7.11 Å². The summed E-state index contributed by atoms with van der Waals surface area (Å²) >= 11 is 7.57. The molecule has 2 aromatic rings. The van der Waals surface area contributed by atoms with Crippen LogP contribution < -0.4 is 14.8 Å². The van der Waals surface area contributed by atoms with Crippen LogP contribution in [-0.2, 0) is 11.4 Å². The van der Waals surface area contributed by atoms with Crippen LogP contribution >= 0.6 is 34.8 Å². The Morgan fingerprint density at radius 2 is 1.97 bits per heavy atom. The number of rotatable bonds is 8. The van der Waals surface area contributed by atoms with Crippen molar-refractivity contribution in [1.29, 1.82) is 0 Å². The fraction of sp³-hybridized carbons (Fsp3) is 0.273. The van der Waals surface area contributed by atoms with Crippen molar-refractivity contribution >= 4 is 51.9 Å². The first-order valence-corrected chi connectivity index (χ1v) is 10.9. The Hall–Kier alpha value is -2.13. The van der Waals surface area contributed by atoms with Crippen LogP contribution in [0.1, 0.15) is 30.9 Å². The van der Waals surface area contributed by atoms with Crippen molar-refractivity contribution in [2.75, 3.05) is 13.7 Å². The van der Waals surface area contributed by atoms with Crippen molar-refractivity contribution in [3.63, 3.8) is 0 Å². The second kappa shape index (κ2) is 10.1. The highest BCUT2D eigenvalue weighted by Gasteiger charge is 2.29. The van der Waals surface area contributed by atoms with E-state index in [0.29, 0.717) is 24.0 Å². The molecule has 152 valence electrons. The summed E-state index contributed by atoms with van der Waals surface area (Å²) < 4.78 is 12.5.